The van der Waals surface area contributed by atoms with Gasteiger partial charge in [-0.1, -0.05) is 12.1 Å². The molecular weight excluding hydrogens is 290 g/mol. The lowest BCUT2D eigenvalue weighted by atomic mass is 10.1. The summed E-state index contributed by atoms with van der Waals surface area (Å²) in [5, 5.41) is 5.54. The van der Waals surface area contributed by atoms with Crippen molar-refractivity contribution in [2.75, 3.05) is 13.2 Å². The van der Waals surface area contributed by atoms with Crippen LogP contribution in [0.5, 0.6) is 5.75 Å². The molecule has 1 heterocycles. The molecule has 0 bridgehead atoms. The highest BCUT2D eigenvalue weighted by Gasteiger charge is 2.11. The van der Waals surface area contributed by atoms with E-state index in [9.17, 15) is 4.79 Å². The van der Waals surface area contributed by atoms with Crippen LogP contribution < -0.4 is 15.4 Å². The lowest BCUT2D eigenvalue weighted by Gasteiger charge is -2.10. The molecule has 0 unspecified atom stereocenters. The second-order valence-electron chi connectivity index (χ2n) is 5.56. The Labute approximate surface area is 136 Å². The molecule has 2 aromatic rings. The molecule has 1 aliphatic rings. The number of carbonyl (C=O) groups is 1. The predicted molar refractivity (Wildman–Crippen MR) is 88.4 cm³/mol. The Kier molecular flexibility index (Phi) is 5.09. The number of hydrogen-bond donors (Lipinski definition) is 2. The lowest BCUT2D eigenvalue weighted by molar-refractivity contribution is 0.236. The van der Waals surface area contributed by atoms with E-state index in [1.54, 1.807) is 6.20 Å². The van der Waals surface area contributed by atoms with E-state index in [0.717, 1.165) is 17.9 Å². The number of fused-ring (bicyclic) bond motifs is 1. The summed E-state index contributed by atoms with van der Waals surface area (Å²) in [6.07, 6.45) is 5.25. The fourth-order valence-electron chi connectivity index (χ4n) is 2.71. The van der Waals surface area contributed by atoms with Crippen LogP contribution in [-0.4, -0.2) is 24.2 Å². The molecule has 0 saturated heterocycles. The summed E-state index contributed by atoms with van der Waals surface area (Å²) >= 11 is 0. The number of benzene rings is 1. The molecule has 2 amide bonds. The van der Waals surface area contributed by atoms with Gasteiger partial charge < -0.3 is 15.4 Å². The standard InChI is InChI=1S/C18H21N3O2/c22-18(21-13-16-6-1-2-9-19-16)20-10-11-23-17-8-7-14-4-3-5-15(14)12-17/h1-2,6-9,12H,3-5,10-11,13H2,(H2,20,21,22). The van der Waals surface area contributed by atoms with Crippen molar-refractivity contribution in [3.63, 3.8) is 0 Å². The molecular formula is C18H21N3O2. The van der Waals surface area contributed by atoms with Crippen LogP contribution in [0.1, 0.15) is 23.2 Å². The summed E-state index contributed by atoms with van der Waals surface area (Å²) in [5.74, 6) is 0.876. The van der Waals surface area contributed by atoms with Crippen molar-refractivity contribution in [1.29, 1.82) is 0 Å². The Bertz CT molecular complexity index is 659. The third-order valence-corrected chi connectivity index (χ3v) is 3.88. The number of nitrogens with zero attached hydrogens (tertiary/aromatic N) is 1. The maximum absolute atomic E-state index is 11.7. The first kappa shape index (κ1) is 15.3. The predicted octanol–water partition coefficient (Wildman–Crippen LogP) is 2.45. The van der Waals surface area contributed by atoms with E-state index < -0.39 is 0 Å². The molecule has 0 saturated carbocycles. The summed E-state index contributed by atoms with van der Waals surface area (Å²) in [6.45, 7) is 1.33. The van der Waals surface area contributed by atoms with Crippen molar-refractivity contribution in [2.45, 2.75) is 25.8 Å². The fourth-order valence-corrected chi connectivity index (χ4v) is 2.71. The maximum Gasteiger partial charge on any atom is 0.315 e. The van der Waals surface area contributed by atoms with Gasteiger partial charge in [0.1, 0.15) is 12.4 Å². The van der Waals surface area contributed by atoms with Gasteiger partial charge in [-0.3, -0.25) is 4.98 Å². The summed E-state index contributed by atoms with van der Waals surface area (Å²) in [6, 6.07) is 11.7. The Morgan fingerprint density at radius 3 is 2.91 bits per heavy atom. The molecule has 5 heteroatoms. The van der Waals surface area contributed by atoms with E-state index in [1.807, 2.05) is 24.3 Å². The number of carbonyl (C=O) groups excluding carboxylic acids is 1. The first-order valence-corrected chi connectivity index (χ1v) is 7.97. The molecule has 0 fully saturated rings. The van der Waals surface area contributed by atoms with Crippen LogP contribution >= 0.6 is 0 Å². The molecule has 0 spiro atoms. The van der Waals surface area contributed by atoms with E-state index >= 15 is 0 Å². The zero-order chi connectivity index (χ0) is 15.9. The Balaban J connectivity index is 1.34. The highest BCUT2D eigenvalue weighted by molar-refractivity contribution is 5.73. The maximum atomic E-state index is 11.7. The van der Waals surface area contributed by atoms with Crippen LogP contribution in [0, 0.1) is 0 Å². The number of urea groups is 1. The fraction of sp³-hybridized carbons (Fsp3) is 0.333. The molecule has 1 aromatic heterocycles. The van der Waals surface area contributed by atoms with Gasteiger partial charge in [-0.25, -0.2) is 4.79 Å². The third-order valence-electron chi connectivity index (χ3n) is 3.88. The minimum Gasteiger partial charge on any atom is -0.492 e. The summed E-state index contributed by atoms with van der Waals surface area (Å²) < 4.78 is 5.69. The van der Waals surface area contributed by atoms with Gasteiger partial charge >= 0.3 is 6.03 Å². The van der Waals surface area contributed by atoms with E-state index in [2.05, 4.69) is 27.8 Å². The molecule has 0 radical (unpaired) electrons. The number of aryl methyl sites for hydroxylation is 2. The zero-order valence-electron chi connectivity index (χ0n) is 13.0. The van der Waals surface area contributed by atoms with Gasteiger partial charge in [0.2, 0.25) is 0 Å². The first-order valence-electron chi connectivity index (χ1n) is 7.97. The summed E-state index contributed by atoms with van der Waals surface area (Å²) in [7, 11) is 0. The van der Waals surface area contributed by atoms with Crippen LogP contribution in [-0.2, 0) is 19.4 Å². The van der Waals surface area contributed by atoms with E-state index in [0.29, 0.717) is 19.7 Å². The average molecular weight is 311 g/mol. The summed E-state index contributed by atoms with van der Waals surface area (Å²) in [4.78, 5) is 15.8. The van der Waals surface area contributed by atoms with Crippen LogP contribution in [0.3, 0.4) is 0 Å². The van der Waals surface area contributed by atoms with E-state index in [4.69, 9.17) is 4.74 Å². The van der Waals surface area contributed by atoms with Crippen molar-refractivity contribution >= 4 is 6.03 Å². The molecule has 0 atom stereocenters. The second kappa shape index (κ2) is 7.63. The van der Waals surface area contributed by atoms with Gasteiger partial charge in [-0.2, -0.15) is 0 Å². The smallest absolute Gasteiger partial charge is 0.315 e. The molecule has 2 N–H and O–H groups in total. The van der Waals surface area contributed by atoms with Crippen LogP contribution in [0.25, 0.3) is 0 Å². The molecule has 3 rings (SSSR count). The van der Waals surface area contributed by atoms with Crippen LogP contribution in [0.2, 0.25) is 0 Å². The van der Waals surface area contributed by atoms with Crippen molar-refractivity contribution in [3.05, 3.63) is 59.4 Å². The van der Waals surface area contributed by atoms with Crippen LogP contribution in [0.4, 0.5) is 4.79 Å². The average Bonchev–Trinajstić information content (AvgIpc) is 3.05. The van der Waals surface area contributed by atoms with Gasteiger partial charge in [-0.15, -0.1) is 0 Å². The topological polar surface area (TPSA) is 63.2 Å². The normalized spacial score (nSPS) is 12.5. The largest absolute Gasteiger partial charge is 0.492 e. The van der Waals surface area contributed by atoms with Gasteiger partial charge in [0.15, 0.2) is 0 Å². The number of ether oxygens (including phenoxy) is 1. The number of nitrogens with one attached hydrogen (secondary N) is 2. The first-order chi connectivity index (χ1) is 11.3. The monoisotopic (exact) mass is 311 g/mol. The van der Waals surface area contributed by atoms with Crippen molar-refractivity contribution in [3.8, 4) is 5.75 Å². The third kappa shape index (κ3) is 4.45. The molecule has 23 heavy (non-hydrogen) atoms. The Hall–Kier alpha value is -2.56. The van der Waals surface area contributed by atoms with Gasteiger partial charge in [-0.05, 0) is 54.7 Å². The van der Waals surface area contributed by atoms with E-state index in [1.165, 1.54) is 24.0 Å². The molecule has 0 aliphatic heterocycles. The highest BCUT2D eigenvalue weighted by Crippen LogP contribution is 2.25. The lowest BCUT2D eigenvalue weighted by Crippen LogP contribution is -2.37. The second-order valence-corrected chi connectivity index (χ2v) is 5.56. The number of aromatic nitrogens is 1. The quantitative estimate of drug-likeness (QED) is 0.806. The number of amides is 2. The van der Waals surface area contributed by atoms with Crippen molar-refractivity contribution in [2.24, 2.45) is 0 Å². The van der Waals surface area contributed by atoms with E-state index in [-0.39, 0.29) is 6.03 Å². The molecule has 1 aromatic carbocycles. The van der Waals surface area contributed by atoms with Gasteiger partial charge in [0.05, 0.1) is 18.8 Å². The SMILES string of the molecule is O=C(NCCOc1ccc2c(c1)CCC2)NCc1ccccn1. The molecule has 1 aliphatic carbocycles. The minimum atomic E-state index is -0.215. The number of rotatable bonds is 6. The van der Waals surface area contributed by atoms with Crippen molar-refractivity contribution in [1.82, 2.24) is 15.6 Å². The zero-order valence-corrected chi connectivity index (χ0v) is 13.0. The van der Waals surface area contributed by atoms with Crippen molar-refractivity contribution < 1.29 is 9.53 Å². The van der Waals surface area contributed by atoms with Crippen LogP contribution in [0.15, 0.2) is 42.6 Å². The number of pyridine rings is 1. The summed E-state index contributed by atoms with van der Waals surface area (Å²) in [5.41, 5.74) is 3.66. The Morgan fingerprint density at radius 2 is 2.04 bits per heavy atom. The minimum absolute atomic E-state index is 0.215. The Morgan fingerprint density at radius 1 is 1.13 bits per heavy atom. The number of hydrogen-bond acceptors (Lipinski definition) is 3. The molecule has 5 nitrogen and oxygen atoms in total. The van der Waals surface area contributed by atoms with Gasteiger partial charge in [0, 0.05) is 6.20 Å². The molecule has 120 valence electrons. The highest BCUT2D eigenvalue weighted by atomic mass is 16.5. The van der Waals surface area contributed by atoms with Gasteiger partial charge in [0.25, 0.3) is 0 Å².